The van der Waals surface area contributed by atoms with Gasteiger partial charge in [-0.05, 0) is 24.3 Å². The van der Waals surface area contributed by atoms with Gasteiger partial charge in [0.05, 0.1) is 5.56 Å². The Kier molecular flexibility index (Phi) is 3.76. The number of esters is 1. The highest BCUT2D eigenvalue weighted by Crippen LogP contribution is 2.11. The quantitative estimate of drug-likeness (QED) is 0.806. The molecule has 0 aliphatic rings. The van der Waals surface area contributed by atoms with Crippen molar-refractivity contribution in [3.8, 4) is 0 Å². The molecular formula is C11H10ClN5O2. The van der Waals surface area contributed by atoms with E-state index in [2.05, 4.69) is 15.0 Å². The van der Waals surface area contributed by atoms with Crippen molar-refractivity contribution in [2.24, 2.45) is 0 Å². The van der Waals surface area contributed by atoms with Crippen LogP contribution >= 0.6 is 11.6 Å². The van der Waals surface area contributed by atoms with Gasteiger partial charge >= 0.3 is 5.97 Å². The highest BCUT2D eigenvalue weighted by Gasteiger charge is 2.09. The molecule has 0 saturated carbocycles. The number of hydrogen-bond donors (Lipinski definition) is 2. The zero-order valence-corrected chi connectivity index (χ0v) is 10.5. The molecule has 0 bridgehead atoms. The lowest BCUT2D eigenvalue weighted by Gasteiger charge is -2.04. The van der Waals surface area contributed by atoms with Crippen LogP contribution in [-0.4, -0.2) is 20.9 Å². The van der Waals surface area contributed by atoms with Crippen LogP contribution in [-0.2, 0) is 11.3 Å². The average molecular weight is 280 g/mol. The van der Waals surface area contributed by atoms with Crippen molar-refractivity contribution in [3.63, 3.8) is 0 Å². The van der Waals surface area contributed by atoms with Crippen LogP contribution in [0, 0.1) is 0 Å². The minimum atomic E-state index is -0.519. The number of anilines is 2. The van der Waals surface area contributed by atoms with Crippen molar-refractivity contribution >= 4 is 29.5 Å². The minimum Gasteiger partial charge on any atom is -0.454 e. The number of benzene rings is 1. The molecule has 0 saturated heterocycles. The number of halogens is 1. The molecule has 0 fully saturated rings. The van der Waals surface area contributed by atoms with E-state index in [0.717, 1.165) is 0 Å². The molecule has 0 atom stereocenters. The SMILES string of the molecule is Nc1nc(N)nc(COC(=O)c2ccc(Cl)cc2)n1. The molecule has 98 valence electrons. The first-order chi connectivity index (χ1) is 9.04. The van der Waals surface area contributed by atoms with E-state index in [0.29, 0.717) is 10.6 Å². The summed E-state index contributed by atoms with van der Waals surface area (Å²) in [5.74, 6) is -0.378. The Balaban J connectivity index is 2.02. The van der Waals surface area contributed by atoms with Crippen LogP contribution in [0.3, 0.4) is 0 Å². The second kappa shape index (κ2) is 5.49. The molecule has 4 N–H and O–H groups in total. The van der Waals surface area contributed by atoms with Crippen LogP contribution in [0.15, 0.2) is 24.3 Å². The molecule has 7 nitrogen and oxygen atoms in total. The maximum Gasteiger partial charge on any atom is 0.338 e. The molecule has 0 aliphatic heterocycles. The van der Waals surface area contributed by atoms with Gasteiger partial charge in [0.1, 0.15) is 0 Å². The summed E-state index contributed by atoms with van der Waals surface area (Å²) in [7, 11) is 0. The Morgan fingerprint density at radius 3 is 2.26 bits per heavy atom. The lowest BCUT2D eigenvalue weighted by Crippen LogP contribution is -2.11. The van der Waals surface area contributed by atoms with E-state index >= 15 is 0 Å². The lowest BCUT2D eigenvalue weighted by atomic mass is 10.2. The van der Waals surface area contributed by atoms with Gasteiger partial charge in [0.15, 0.2) is 12.4 Å². The van der Waals surface area contributed by atoms with Gasteiger partial charge in [-0.1, -0.05) is 11.6 Å². The number of hydrogen-bond acceptors (Lipinski definition) is 7. The largest absolute Gasteiger partial charge is 0.454 e. The van der Waals surface area contributed by atoms with Crippen LogP contribution in [0.25, 0.3) is 0 Å². The molecule has 2 rings (SSSR count). The summed E-state index contributed by atoms with van der Waals surface area (Å²) < 4.78 is 5.02. The number of carbonyl (C=O) groups is 1. The second-order valence-electron chi connectivity index (χ2n) is 3.55. The van der Waals surface area contributed by atoms with Crippen LogP contribution < -0.4 is 11.5 Å². The Bertz CT molecular complexity index is 582. The summed E-state index contributed by atoms with van der Waals surface area (Å²) >= 11 is 5.72. The summed E-state index contributed by atoms with van der Waals surface area (Å²) in [5.41, 5.74) is 11.2. The first-order valence-corrected chi connectivity index (χ1v) is 5.61. The predicted octanol–water partition coefficient (Wildman–Crippen LogP) is 1.05. The normalized spacial score (nSPS) is 10.2. The van der Waals surface area contributed by atoms with Crippen LogP contribution in [0.2, 0.25) is 5.02 Å². The van der Waals surface area contributed by atoms with Crippen LogP contribution in [0.1, 0.15) is 16.2 Å². The van der Waals surface area contributed by atoms with Crippen molar-refractivity contribution in [2.75, 3.05) is 11.5 Å². The molecular weight excluding hydrogens is 270 g/mol. The zero-order chi connectivity index (χ0) is 13.8. The summed E-state index contributed by atoms with van der Waals surface area (Å²) in [6.07, 6.45) is 0. The predicted molar refractivity (Wildman–Crippen MR) is 69.2 cm³/mol. The van der Waals surface area contributed by atoms with Gasteiger partial charge in [-0.2, -0.15) is 15.0 Å². The first-order valence-electron chi connectivity index (χ1n) is 5.23. The second-order valence-corrected chi connectivity index (χ2v) is 3.99. The van der Waals surface area contributed by atoms with Crippen molar-refractivity contribution in [1.29, 1.82) is 0 Å². The average Bonchev–Trinajstić information content (AvgIpc) is 2.36. The van der Waals surface area contributed by atoms with Crippen molar-refractivity contribution in [1.82, 2.24) is 15.0 Å². The third-order valence-corrected chi connectivity index (χ3v) is 2.38. The molecule has 0 spiro atoms. The van der Waals surface area contributed by atoms with Gasteiger partial charge in [0, 0.05) is 5.02 Å². The third kappa shape index (κ3) is 3.52. The van der Waals surface area contributed by atoms with E-state index < -0.39 is 5.97 Å². The third-order valence-electron chi connectivity index (χ3n) is 2.13. The van der Waals surface area contributed by atoms with E-state index in [1.807, 2.05) is 0 Å². The van der Waals surface area contributed by atoms with E-state index in [1.54, 1.807) is 24.3 Å². The molecule has 1 aromatic carbocycles. The number of aromatic nitrogens is 3. The van der Waals surface area contributed by atoms with Crippen LogP contribution in [0.5, 0.6) is 0 Å². The number of nitrogen functional groups attached to an aromatic ring is 2. The fourth-order valence-corrected chi connectivity index (χ4v) is 1.45. The van der Waals surface area contributed by atoms with Gasteiger partial charge in [-0.3, -0.25) is 0 Å². The Morgan fingerprint density at radius 1 is 1.11 bits per heavy atom. The molecule has 1 aromatic heterocycles. The van der Waals surface area contributed by atoms with E-state index in [1.165, 1.54) is 0 Å². The Morgan fingerprint density at radius 2 is 1.68 bits per heavy atom. The van der Waals surface area contributed by atoms with Gasteiger partial charge in [-0.15, -0.1) is 0 Å². The number of carbonyl (C=O) groups excluding carboxylic acids is 1. The number of nitrogens with zero attached hydrogens (tertiary/aromatic N) is 3. The van der Waals surface area contributed by atoms with Crippen molar-refractivity contribution in [2.45, 2.75) is 6.61 Å². The molecule has 2 aromatic rings. The van der Waals surface area contributed by atoms with Gasteiger partial charge < -0.3 is 16.2 Å². The van der Waals surface area contributed by atoms with E-state index in [9.17, 15) is 4.79 Å². The maximum atomic E-state index is 11.7. The molecule has 0 amide bonds. The smallest absolute Gasteiger partial charge is 0.338 e. The number of nitrogens with two attached hydrogens (primary N) is 2. The van der Waals surface area contributed by atoms with Gasteiger partial charge in [0.2, 0.25) is 11.9 Å². The molecule has 8 heteroatoms. The van der Waals surface area contributed by atoms with Crippen LogP contribution in [0.4, 0.5) is 11.9 Å². The van der Waals surface area contributed by atoms with Crippen molar-refractivity contribution in [3.05, 3.63) is 40.7 Å². The molecule has 0 unspecified atom stereocenters. The highest BCUT2D eigenvalue weighted by molar-refractivity contribution is 6.30. The van der Waals surface area contributed by atoms with Gasteiger partial charge in [-0.25, -0.2) is 4.79 Å². The summed E-state index contributed by atoms with van der Waals surface area (Å²) in [5, 5.41) is 0.537. The van der Waals surface area contributed by atoms with E-state index in [4.69, 9.17) is 27.8 Å². The zero-order valence-electron chi connectivity index (χ0n) is 9.71. The molecule has 0 radical (unpaired) electrons. The number of rotatable bonds is 3. The Hall–Kier alpha value is -2.41. The highest BCUT2D eigenvalue weighted by atomic mass is 35.5. The Labute approximate surface area is 113 Å². The molecule has 19 heavy (non-hydrogen) atoms. The first kappa shape index (κ1) is 13.0. The van der Waals surface area contributed by atoms with Crippen molar-refractivity contribution < 1.29 is 9.53 Å². The van der Waals surface area contributed by atoms with E-state index in [-0.39, 0.29) is 24.3 Å². The topological polar surface area (TPSA) is 117 Å². The summed E-state index contributed by atoms with van der Waals surface area (Å²) in [6.45, 7) is -0.140. The fourth-order valence-electron chi connectivity index (χ4n) is 1.32. The maximum absolute atomic E-state index is 11.7. The van der Waals surface area contributed by atoms with Gasteiger partial charge in [0.25, 0.3) is 0 Å². The monoisotopic (exact) mass is 279 g/mol. The number of ether oxygens (including phenoxy) is 1. The standard InChI is InChI=1S/C11H10ClN5O2/c12-7-3-1-6(2-4-7)9(18)19-5-8-15-10(13)17-11(14)16-8/h1-4H,5H2,(H4,13,14,15,16,17). The fraction of sp³-hybridized carbons (Fsp3) is 0.0909. The summed E-state index contributed by atoms with van der Waals surface area (Å²) in [4.78, 5) is 22.9. The molecule has 1 heterocycles. The lowest BCUT2D eigenvalue weighted by molar-refractivity contribution is 0.0462. The minimum absolute atomic E-state index is 0.0231. The summed E-state index contributed by atoms with van der Waals surface area (Å²) in [6, 6.07) is 6.30. The molecule has 0 aliphatic carbocycles.